The molecule has 0 bridgehead atoms. The minimum atomic E-state index is 0.618. The van der Waals surface area contributed by atoms with Crippen LogP contribution < -0.4 is 10.1 Å². The van der Waals surface area contributed by atoms with Crippen molar-refractivity contribution in [3.05, 3.63) is 35.8 Å². The summed E-state index contributed by atoms with van der Waals surface area (Å²) in [5, 5.41) is 5.48. The molecule has 3 nitrogen and oxygen atoms in total. The van der Waals surface area contributed by atoms with Crippen molar-refractivity contribution in [1.29, 1.82) is 0 Å². The molecule has 0 aliphatic carbocycles. The van der Waals surface area contributed by atoms with Crippen molar-refractivity contribution >= 4 is 11.3 Å². The maximum absolute atomic E-state index is 5.77. The molecule has 1 aliphatic rings. The number of nitrogens with one attached hydrogen (secondary N) is 1. The van der Waals surface area contributed by atoms with Crippen LogP contribution in [0.2, 0.25) is 0 Å². The summed E-state index contributed by atoms with van der Waals surface area (Å²) >= 11 is 1.73. The second-order valence-corrected chi connectivity index (χ2v) is 5.83. The quantitative estimate of drug-likeness (QED) is 0.929. The Morgan fingerprint density at radius 1 is 1.37 bits per heavy atom. The van der Waals surface area contributed by atoms with Crippen LogP contribution in [0.4, 0.5) is 0 Å². The van der Waals surface area contributed by atoms with Gasteiger partial charge in [-0.15, -0.1) is 11.3 Å². The molecule has 1 aliphatic heterocycles. The first-order chi connectivity index (χ1) is 9.42. The van der Waals surface area contributed by atoms with E-state index in [0.717, 1.165) is 31.1 Å². The molecular weight excluding hydrogens is 256 g/mol. The van der Waals surface area contributed by atoms with E-state index in [2.05, 4.69) is 33.9 Å². The van der Waals surface area contributed by atoms with Gasteiger partial charge in [0, 0.05) is 35.2 Å². The van der Waals surface area contributed by atoms with Gasteiger partial charge in [-0.05, 0) is 36.9 Å². The van der Waals surface area contributed by atoms with Crippen molar-refractivity contribution in [2.75, 3.05) is 19.7 Å². The highest BCUT2D eigenvalue weighted by Gasteiger charge is 2.13. The van der Waals surface area contributed by atoms with E-state index in [1.165, 1.54) is 17.7 Å². The first-order valence-electron chi connectivity index (χ1n) is 6.75. The topological polar surface area (TPSA) is 34.1 Å². The lowest BCUT2D eigenvalue weighted by atomic mass is 10.0. The molecule has 19 heavy (non-hydrogen) atoms. The standard InChI is InChI=1S/C15H18N2OS/c1-3-12(9-16-7-1)11-18-15-6-5-13(10-17-15)14-4-2-8-19-14/h2,4-6,8,10,12,16H,1,3,7,9,11H2. The molecule has 0 aromatic carbocycles. The average Bonchev–Trinajstić information content (AvgIpc) is 3.01. The lowest BCUT2D eigenvalue weighted by molar-refractivity contribution is 0.212. The van der Waals surface area contributed by atoms with Crippen molar-refractivity contribution < 1.29 is 4.74 Å². The predicted octanol–water partition coefficient (Wildman–Crippen LogP) is 3.19. The van der Waals surface area contributed by atoms with Gasteiger partial charge in [-0.25, -0.2) is 4.98 Å². The van der Waals surface area contributed by atoms with Crippen LogP contribution in [-0.4, -0.2) is 24.7 Å². The van der Waals surface area contributed by atoms with E-state index in [0.29, 0.717) is 5.92 Å². The van der Waals surface area contributed by atoms with Crippen molar-refractivity contribution in [3.63, 3.8) is 0 Å². The van der Waals surface area contributed by atoms with Gasteiger partial charge in [0.2, 0.25) is 5.88 Å². The van der Waals surface area contributed by atoms with E-state index in [9.17, 15) is 0 Å². The number of thiophene rings is 1. The van der Waals surface area contributed by atoms with Gasteiger partial charge in [-0.3, -0.25) is 0 Å². The zero-order valence-corrected chi connectivity index (χ0v) is 11.7. The third kappa shape index (κ3) is 3.33. The van der Waals surface area contributed by atoms with E-state index in [1.807, 2.05) is 12.3 Å². The summed E-state index contributed by atoms with van der Waals surface area (Å²) in [6.45, 7) is 2.97. The van der Waals surface area contributed by atoms with Crippen LogP contribution in [0.5, 0.6) is 5.88 Å². The van der Waals surface area contributed by atoms with Crippen LogP contribution in [0.3, 0.4) is 0 Å². The molecule has 3 rings (SSSR count). The molecule has 0 radical (unpaired) electrons. The Kier molecular flexibility index (Phi) is 4.10. The number of nitrogens with zero attached hydrogens (tertiary/aromatic N) is 1. The fourth-order valence-corrected chi connectivity index (χ4v) is 3.04. The summed E-state index contributed by atoms with van der Waals surface area (Å²) in [4.78, 5) is 5.63. The van der Waals surface area contributed by atoms with E-state index in [4.69, 9.17) is 4.74 Å². The van der Waals surface area contributed by atoms with Crippen LogP contribution >= 0.6 is 11.3 Å². The van der Waals surface area contributed by atoms with Crippen molar-refractivity contribution in [3.8, 4) is 16.3 Å². The molecule has 1 N–H and O–H groups in total. The maximum atomic E-state index is 5.77. The molecule has 3 heterocycles. The molecule has 4 heteroatoms. The van der Waals surface area contributed by atoms with E-state index in [1.54, 1.807) is 11.3 Å². The van der Waals surface area contributed by atoms with E-state index >= 15 is 0 Å². The Hall–Kier alpha value is -1.39. The molecule has 1 unspecified atom stereocenters. The third-order valence-corrected chi connectivity index (χ3v) is 4.33. The highest BCUT2D eigenvalue weighted by atomic mass is 32.1. The minimum absolute atomic E-state index is 0.618. The second kappa shape index (κ2) is 6.17. The van der Waals surface area contributed by atoms with Crippen molar-refractivity contribution in [2.45, 2.75) is 12.8 Å². The monoisotopic (exact) mass is 274 g/mol. The van der Waals surface area contributed by atoms with Crippen molar-refractivity contribution in [2.24, 2.45) is 5.92 Å². The Morgan fingerprint density at radius 3 is 3.05 bits per heavy atom. The summed E-state index contributed by atoms with van der Waals surface area (Å²) < 4.78 is 5.77. The molecule has 1 atom stereocenters. The normalized spacial score (nSPS) is 19.3. The maximum Gasteiger partial charge on any atom is 0.213 e. The van der Waals surface area contributed by atoms with Crippen LogP contribution in [0.15, 0.2) is 35.8 Å². The highest BCUT2D eigenvalue weighted by molar-refractivity contribution is 7.13. The average molecular weight is 274 g/mol. The molecule has 0 saturated carbocycles. The lowest BCUT2D eigenvalue weighted by Gasteiger charge is -2.22. The number of ether oxygens (including phenoxy) is 1. The summed E-state index contributed by atoms with van der Waals surface area (Å²) in [5.41, 5.74) is 1.15. The summed E-state index contributed by atoms with van der Waals surface area (Å²) in [6, 6.07) is 8.20. The van der Waals surface area contributed by atoms with Crippen LogP contribution in [0.25, 0.3) is 10.4 Å². The van der Waals surface area contributed by atoms with Gasteiger partial charge in [0.25, 0.3) is 0 Å². The number of pyridine rings is 1. The fraction of sp³-hybridized carbons (Fsp3) is 0.400. The van der Waals surface area contributed by atoms with Crippen LogP contribution in [-0.2, 0) is 0 Å². The van der Waals surface area contributed by atoms with Gasteiger partial charge in [0.15, 0.2) is 0 Å². The van der Waals surface area contributed by atoms with Gasteiger partial charge in [0.1, 0.15) is 0 Å². The fourth-order valence-electron chi connectivity index (χ4n) is 2.32. The molecule has 0 amide bonds. The summed E-state index contributed by atoms with van der Waals surface area (Å²) in [7, 11) is 0. The predicted molar refractivity (Wildman–Crippen MR) is 78.6 cm³/mol. The largest absolute Gasteiger partial charge is 0.477 e. The van der Waals surface area contributed by atoms with Gasteiger partial charge < -0.3 is 10.1 Å². The Morgan fingerprint density at radius 2 is 2.37 bits per heavy atom. The first kappa shape index (κ1) is 12.6. The molecule has 1 saturated heterocycles. The molecule has 100 valence electrons. The zero-order chi connectivity index (χ0) is 12.9. The number of aromatic nitrogens is 1. The van der Waals surface area contributed by atoms with Gasteiger partial charge in [0.05, 0.1) is 6.61 Å². The molecule has 0 spiro atoms. The Balaban J connectivity index is 1.57. The van der Waals surface area contributed by atoms with Crippen LogP contribution in [0, 0.1) is 5.92 Å². The Labute approximate surface area is 117 Å². The van der Waals surface area contributed by atoms with E-state index < -0.39 is 0 Å². The van der Waals surface area contributed by atoms with Crippen molar-refractivity contribution in [1.82, 2.24) is 10.3 Å². The zero-order valence-electron chi connectivity index (χ0n) is 10.8. The lowest BCUT2D eigenvalue weighted by Crippen LogP contribution is -2.33. The smallest absolute Gasteiger partial charge is 0.213 e. The Bertz CT molecular complexity index is 489. The number of rotatable bonds is 4. The minimum Gasteiger partial charge on any atom is -0.477 e. The summed E-state index contributed by atoms with van der Waals surface area (Å²) in [5.74, 6) is 1.35. The number of piperidine rings is 1. The highest BCUT2D eigenvalue weighted by Crippen LogP contribution is 2.25. The molecule has 2 aromatic rings. The second-order valence-electron chi connectivity index (χ2n) is 4.89. The van der Waals surface area contributed by atoms with Crippen LogP contribution in [0.1, 0.15) is 12.8 Å². The van der Waals surface area contributed by atoms with Gasteiger partial charge in [-0.2, -0.15) is 0 Å². The van der Waals surface area contributed by atoms with E-state index in [-0.39, 0.29) is 0 Å². The van der Waals surface area contributed by atoms with Gasteiger partial charge in [-0.1, -0.05) is 6.07 Å². The summed E-state index contributed by atoms with van der Waals surface area (Å²) in [6.07, 6.45) is 4.39. The van der Waals surface area contributed by atoms with Gasteiger partial charge >= 0.3 is 0 Å². The molecule has 2 aromatic heterocycles. The first-order valence-corrected chi connectivity index (χ1v) is 7.63. The SMILES string of the molecule is c1csc(-c2ccc(OCC3CCCNC3)nc2)c1. The number of hydrogen-bond donors (Lipinski definition) is 1. The number of hydrogen-bond acceptors (Lipinski definition) is 4. The molecule has 1 fully saturated rings. The third-order valence-electron chi connectivity index (χ3n) is 3.41. The molecular formula is C15H18N2OS.